The molecular weight excluding hydrogens is 364 g/mol. The number of hydrazone groups is 1. The lowest BCUT2D eigenvalue weighted by Gasteiger charge is -2.25. The van der Waals surface area contributed by atoms with E-state index in [1.54, 1.807) is 43.3 Å². The van der Waals surface area contributed by atoms with Gasteiger partial charge in [-0.25, -0.2) is 13.8 Å². The molecule has 3 rings (SSSR count). The topological polar surface area (TPSA) is 53.0 Å². The highest BCUT2D eigenvalue weighted by molar-refractivity contribution is 6.03. The highest BCUT2D eigenvalue weighted by Gasteiger charge is 2.35. The minimum absolute atomic E-state index is 0.180. The van der Waals surface area contributed by atoms with E-state index >= 15 is 0 Å². The van der Waals surface area contributed by atoms with Crippen LogP contribution < -0.4 is 0 Å². The number of hydrogen-bond acceptors (Lipinski definition) is 3. The Morgan fingerprint density at radius 1 is 1.11 bits per heavy atom. The number of hydrogen-bond donors (Lipinski definition) is 0. The lowest BCUT2D eigenvalue weighted by molar-refractivity contribution is -0.140. The zero-order chi connectivity index (χ0) is 20.3. The fourth-order valence-electron chi connectivity index (χ4n) is 3.22. The van der Waals surface area contributed by atoms with Gasteiger partial charge in [0.2, 0.25) is 5.91 Å². The van der Waals surface area contributed by atoms with Gasteiger partial charge in [0.05, 0.1) is 11.8 Å². The Morgan fingerprint density at radius 3 is 2.39 bits per heavy atom. The van der Waals surface area contributed by atoms with Crippen molar-refractivity contribution >= 4 is 17.5 Å². The average Bonchev–Trinajstić information content (AvgIpc) is 3.13. The van der Waals surface area contributed by atoms with E-state index < -0.39 is 23.6 Å². The number of carbonyl (C=O) groups is 2. The molecule has 146 valence electrons. The summed E-state index contributed by atoms with van der Waals surface area (Å²) < 4.78 is 28.6. The van der Waals surface area contributed by atoms with Gasteiger partial charge in [-0.05, 0) is 12.1 Å². The maximum atomic E-state index is 14.4. The van der Waals surface area contributed by atoms with E-state index in [-0.39, 0.29) is 30.9 Å². The Labute approximate surface area is 162 Å². The first-order valence-electron chi connectivity index (χ1n) is 9.05. The standard InChI is InChI=1S/C21H21F2N3O2/c1-3-20(27)25(2)13-21(28)26-19(15-9-5-7-11-17(15)23)12-18(24-26)14-8-4-6-10-16(14)22/h4-11,19H,3,12-13H2,1-2H3. The number of amides is 2. The number of nitrogens with zero attached hydrogens (tertiary/aromatic N) is 3. The third-order valence-electron chi connectivity index (χ3n) is 4.72. The van der Waals surface area contributed by atoms with Gasteiger partial charge in [0, 0.05) is 31.0 Å². The molecule has 1 unspecified atom stereocenters. The highest BCUT2D eigenvalue weighted by Crippen LogP contribution is 2.34. The minimum Gasteiger partial charge on any atom is -0.336 e. The minimum atomic E-state index is -0.701. The molecule has 1 atom stereocenters. The predicted octanol–water partition coefficient (Wildman–Crippen LogP) is 3.51. The van der Waals surface area contributed by atoms with Crippen LogP contribution in [0, 0.1) is 11.6 Å². The van der Waals surface area contributed by atoms with E-state index in [2.05, 4.69) is 5.10 Å². The molecule has 1 aliphatic heterocycles. The first kappa shape index (κ1) is 19.7. The van der Waals surface area contributed by atoms with Gasteiger partial charge in [-0.3, -0.25) is 9.59 Å². The third kappa shape index (κ3) is 3.93. The molecular formula is C21H21F2N3O2. The first-order chi connectivity index (χ1) is 13.4. The average molecular weight is 385 g/mol. The van der Waals surface area contributed by atoms with Crippen LogP contribution in [0.5, 0.6) is 0 Å². The van der Waals surface area contributed by atoms with Gasteiger partial charge in [0.15, 0.2) is 0 Å². The highest BCUT2D eigenvalue weighted by atomic mass is 19.1. The zero-order valence-electron chi connectivity index (χ0n) is 15.7. The molecule has 0 bridgehead atoms. The summed E-state index contributed by atoms with van der Waals surface area (Å²) in [7, 11) is 1.53. The van der Waals surface area contributed by atoms with Gasteiger partial charge in [0.1, 0.15) is 18.2 Å². The molecule has 1 heterocycles. The fraction of sp³-hybridized carbons (Fsp3) is 0.286. The van der Waals surface area contributed by atoms with E-state index in [1.807, 2.05) is 0 Å². The SMILES string of the molecule is CCC(=O)N(C)CC(=O)N1N=C(c2ccccc2F)CC1c1ccccc1F. The number of likely N-dealkylation sites (N-methyl/N-ethyl adjacent to an activating group) is 1. The van der Waals surface area contributed by atoms with Gasteiger partial charge in [0.25, 0.3) is 5.91 Å². The Balaban J connectivity index is 1.95. The second-order valence-corrected chi connectivity index (χ2v) is 6.61. The van der Waals surface area contributed by atoms with Gasteiger partial charge in [-0.2, -0.15) is 5.10 Å². The van der Waals surface area contributed by atoms with Gasteiger partial charge < -0.3 is 4.90 Å². The summed E-state index contributed by atoms with van der Waals surface area (Å²) >= 11 is 0. The van der Waals surface area contributed by atoms with Crippen molar-refractivity contribution in [3.8, 4) is 0 Å². The van der Waals surface area contributed by atoms with Gasteiger partial charge in [-0.15, -0.1) is 0 Å². The van der Waals surface area contributed by atoms with Crippen LogP contribution in [0.1, 0.15) is 36.9 Å². The number of halogens is 2. The van der Waals surface area contributed by atoms with E-state index in [0.29, 0.717) is 11.3 Å². The molecule has 5 nitrogen and oxygen atoms in total. The summed E-state index contributed by atoms with van der Waals surface area (Å²) in [6.07, 6.45) is 0.448. The largest absolute Gasteiger partial charge is 0.336 e. The van der Waals surface area contributed by atoms with Crippen LogP contribution in [-0.2, 0) is 9.59 Å². The Morgan fingerprint density at radius 2 is 1.75 bits per heavy atom. The Bertz CT molecular complexity index is 929. The van der Waals surface area contributed by atoms with E-state index in [4.69, 9.17) is 0 Å². The third-order valence-corrected chi connectivity index (χ3v) is 4.72. The van der Waals surface area contributed by atoms with E-state index in [9.17, 15) is 18.4 Å². The summed E-state index contributed by atoms with van der Waals surface area (Å²) in [4.78, 5) is 26.0. The maximum Gasteiger partial charge on any atom is 0.262 e. The predicted molar refractivity (Wildman–Crippen MR) is 101 cm³/mol. The van der Waals surface area contributed by atoms with Crippen molar-refractivity contribution in [2.45, 2.75) is 25.8 Å². The van der Waals surface area contributed by atoms with Crippen molar-refractivity contribution in [2.75, 3.05) is 13.6 Å². The number of rotatable bonds is 5. The van der Waals surface area contributed by atoms with Gasteiger partial charge in [-0.1, -0.05) is 43.3 Å². The van der Waals surface area contributed by atoms with E-state index in [0.717, 1.165) is 0 Å². The van der Waals surface area contributed by atoms with Gasteiger partial charge >= 0.3 is 0 Å². The maximum absolute atomic E-state index is 14.4. The summed E-state index contributed by atoms with van der Waals surface area (Å²) in [5.74, 6) is -1.56. The quantitative estimate of drug-likeness (QED) is 0.791. The lowest BCUT2D eigenvalue weighted by Crippen LogP contribution is -2.39. The first-order valence-corrected chi connectivity index (χ1v) is 9.05. The van der Waals surface area contributed by atoms with Crippen molar-refractivity contribution in [1.82, 2.24) is 9.91 Å². The Hall–Kier alpha value is -3.09. The molecule has 1 aliphatic rings. The fourth-order valence-corrected chi connectivity index (χ4v) is 3.22. The molecule has 0 radical (unpaired) electrons. The molecule has 28 heavy (non-hydrogen) atoms. The Kier molecular flexibility index (Phi) is 5.82. The van der Waals surface area contributed by atoms with Crippen LogP contribution in [0.2, 0.25) is 0 Å². The smallest absolute Gasteiger partial charge is 0.262 e. The molecule has 0 aromatic heterocycles. The van der Waals surface area contributed by atoms with Crippen molar-refractivity contribution < 1.29 is 18.4 Å². The molecule has 0 saturated heterocycles. The summed E-state index contributed by atoms with van der Waals surface area (Å²) in [5, 5.41) is 5.48. The molecule has 2 amide bonds. The normalized spacial score (nSPS) is 16.1. The van der Waals surface area contributed by atoms with E-state index in [1.165, 1.54) is 29.1 Å². The molecule has 2 aromatic carbocycles. The molecule has 0 fully saturated rings. The lowest BCUT2D eigenvalue weighted by atomic mass is 9.97. The van der Waals surface area contributed by atoms with Crippen LogP contribution in [0.3, 0.4) is 0 Å². The molecule has 2 aromatic rings. The second-order valence-electron chi connectivity index (χ2n) is 6.61. The summed E-state index contributed by atoms with van der Waals surface area (Å²) in [5.41, 5.74) is 0.941. The molecule has 0 N–H and O–H groups in total. The number of benzene rings is 2. The second kappa shape index (κ2) is 8.29. The monoisotopic (exact) mass is 385 g/mol. The summed E-state index contributed by atoms with van der Waals surface area (Å²) in [6.45, 7) is 1.52. The van der Waals surface area contributed by atoms with Crippen LogP contribution >= 0.6 is 0 Å². The van der Waals surface area contributed by atoms with Crippen molar-refractivity contribution in [3.63, 3.8) is 0 Å². The van der Waals surface area contributed by atoms with Crippen LogP contribution in [0.15, 0.2) is 53.6 Å². The summed E-state index contributed by atoms with van der Waals surface area (Å²) in [6, 6.07) is 11.6. The van der Waals surface area contributed by atoms with Crippen molar-refractivity contribution in [2.24, 2.45) is 5.10 Å². The molecule has 0 aliphatic carbocycles. The van der Waals surface area contributed by atoms with Crippen LogP contribution in [0.25, 0.3) is 0 Å². The molecule has 7 heteroatoms. The van der Waals surface area contributed by atoms with Crippen molar-refractivity contribution in [1.29, 1.82) is 0 Å². The number of carbonyl (C=O) groups excluding carboxylic acids is 2. The van der Waals surface area contributed by atoms with Crippen molar-refractivity contribution in [3.05, 3.63) is 71.3 Å². The molecule has 0 saturated carbocycles. The zero-order valence-corrected chi connectivity index (χ0v) is 15.7. The van der Waals surface area contributed by atoms with Crippen LogP contribution in [0.4, 0.5) is 8.78 Å². The molecule has 0 spiro atoms. The van der Waals surface area contributed by atoms with Crippen LogP contribution in [-0.4, -0.2) is 41.0 Å².